The maximum atomic E-state index is 12.3. The summed E-state index contributed by atoms with van der Waals surface area (Å²) in [5, 5.41) is 3.19. The van der Waals surface area contributed by atoms with Gasteiger partial charge in [-0.05, 0) is 24.1 Å². The van der Waals surface area contributed by atoms with Crippen molar-refractivity contribution >= 4 is 16.9 Å². The number of benzene rings is 2. The lowest BCUT2D eigenvalue weighted by atomic mass is 10.2. The molecule has 0 saturated carbocycles. The molecule has 5 nitrogen and oxygen atoms in total. The topological polar surface area (TPSA) is 50.2 Å². The predicted octanol–water partition coefficient (Wildman–Crippen LogP) is 2.82. The smallest absolute Gasteiger partial charge is 0.222 e. The first-order valence-electron chi connectivity index (χ1n) is 9.23. The molecule has 5 heteroatoms. The van der Waals surface area contributed by atoms with Crippen LogP contribution in [0.5, 0.6) is 0 Å². The highest BCUT2D eigenvalue weighted by atomic mass is 16.1. The average Bonchev–Trinajstić information content (AvgIpc) is 3.28. The van der Waals surface area contributed by atoms with Gasteiger partial charge >= 0.3 is 0 Å². The van der Waals surface area contributed by atoms with Gasteiger partial charge in [0.15, 0.2) is 0 Å². The van der Waals surface area contributed by atoms with E-state index in [2.05, 4.69) is 39.5 Å². The third kappa shape index (κ3) is 3.94. The Labute approximate surface area is 153 Å². The van der Waals surface area contributed by atoms with Crippen molar-refractivity contribution < 1.29 is 4.79 Å². The van der Waals surface area contributed by atoms with E-state index in [4.69, 9.17) is 0 Å². The summed E-state index contributed by atoms with van der Waals surface area (Å²) in [5.74, 6) is 0.120. The minimum Gasteiger partial charge on any atom is -0.352 e. The van der Waals surface area contributed by atoms with Gasteiger partial charge in [0.25, 0.3) is 0 Å². The molecule has 0 aliphatic carbocycles. The third-order valence-corrected chi connectivity index (χ3v) is 4.99. The molecule has 0 radical (unpaired) electrons. The fourth-order valence-electron chi connectivity index (χ4n) is 3.65. The molecule has 4 rings (SSSR count). The zero-order chi connectivity index (χ0) is 17.8. The number of amides is 1. The molecule has 1 aliphatic rings. The number of hydrogen-bond acceptors (Lipinski definition) is 3. The van der Waals surface area contributed by atoms with Gasteiger partial charge in [-0.2, -0.15) is 0 Å². The van der Waals surface area contributed by atoms with E-state index in [1.165, 1.54) is 5.56 Å². The Hall–Kier alpha value is -2.66. The standard InChI is InChI=1S/C21H24N4O/c26-21(11-13-25-16-22-19-8-4-5-9-20(19)25)23-18-10-12-24(15-18)14-17-6-2-1-3-7-17/h1-9,16,18H,10-15H2,(H,23,26). The first-order valence-corrected chi connectivity index (χ1v) is 9.23. The molecule has 2 aromatic carbocycles. The number of nitrogens with one attached hydrogen (secondary N) is 1. The van der Waals surface area contributed by atoms with Crippen molar-refractivity contribution in [3.8, 4) is 0 Å². The number of carbonyl (C=O) groups is 1. The summed E-state index contributed by atoms with van der Waals surface area (Å²) >= 11 is 0. The van der Waals surface area contributed by atoms with Gasteiger partial charge in [0.2, 0.25) is 5.91 Å². The maximum Gasteiger partial charge on any atom is 0.222 e. The van der Waals surface area contributed by atoms with Gasteiger partial charge in [0, 0.05) is 38.6 Å². The van der Waals surface area contributed by atoms with Gasteiger partial charge in [-0.3, -0.25) is 9.69 Å². The summed E-state index contributed by atoms with van der Waals surface area (Å²) in [4.78, 5) is 19.1. The van der Waals surface area contributed by atoms with Crippen LogP contribution in [0.4, 0.5) is 0 Å². The number of para-hydroxylation sites is 2. The van der Waals surface area contributed by atoms with Crippen LogP contribution in [0.25, 0.3) is 11.0 Å². The van der Waals surface area contributed by atoms with Crippen molar-refractivity contribution in [3.05, 3.63) is 66.5 Å². The van der Waals surface area contributed by atoms with Crippen LogP contribution in [0.3, 0.4) is 0 Å². The number of hydrogen-bond donors (Lipinski definition) is 1. The zero-order valence-corrected chi connectivity index (χ0v) is 14.8. The molecule has 1 amide bonds. The molecule has 1 atom stereocenters. The molecule has 26 heavy (non-hydrogen) atoms. The van der Waals surface area contributed by atoms with Gasteiger partial charge in [0.1, 0.15) is 0 Å². The van der Waals surface area contributed by atoms with E-state index in [1.807, 2.05) is 41.2 Å². The first-order chi connectivity index (χ1) is 12.8. The molecule has 1 N–H and O–H groups in total. The molecule has 3 aromatic rings. The van der Waals surface area contributed by atoms with Crippen LogP contribution in [0, 0.1) is 0 Å². The molecule has 0 bridgehead atoms. The Morgan fingerprint density at radius 2 is 1.92 bits per heavy atom. The molecule has 1 aromatic heterocycles. The summed E-state index contributed by atoms with van der Waals surface area (Å²) in [6.07, 6.45) is 3.32. The second-order valence-corrected chi connectivity index (χ2v) is 6.95. The first kappa shape index (κ1) is 16.8. The van der Waals surface area contributed by atoms with Crippen molar-refractivity contribution in [3.63, 3.8) is 0 Å². The quantitative estimate of drug-likeness (QED) is 0.745. The van der Waals surface area contributed by atoms with E-state index in [0.29, 0.717) is 13.0 Å². The van der Waals surface area contributed by atoms with E-state index in [-0.39, 0.29) is 11.9 Å². The fraction of sp³-hybridized carbons (Fsp3) is 0.333. The lowest BCUT2D eigenvalue weighted by Crippen LogP contribution is -2.37. The van der Waals surface area contributed by atoms with Crippen LogP contribution in [0.2, 0.25) is 0 Å². The molecule has 0 spiro atoms. The fourth-order valence-corrected chi connectivity index (χ4v) is 3.65. The van der Waals surface area contributed by atoms with Gasteiger partial charge in [-0.15, -0.1) is 0 Å². The number of fused-ring (bicyclic) bond motifs is 1. The molecule has 1 aliphatic heterocycles. The van der Waals surface area contributed by atoms with Crippen LogP contribution < -0.4 is 5.32 Å². The van der Waals surface area contributed by atoms with Crippen molar-refractivity contribution in [2.45, 2.75) is 32.0 Å². The van der Waals surface area contributed by atoms with Crippen molar-refractivity contribution in [2.24, 2.45) is 0 Å². The molecule has 1 fully saturated rings. The summed E-state index contributed by atoms with van der Waals surface area (Å²) in [7, 11) is 0. The molecular weight excluding hydrogens is 324 g/mol. The summed E-state index contributed by atoms with van der Waals surface area (Å²) < 4.78 is 2.05. The minimum absolute atomic E-state index is 0.120. The number of rotatable bonds is 6. The highest BCUT2D eigenvalue weighted by Gasteiger charge is 2.23. The van der Waals surface area contributed by atoms with Gasteiger partial charge in [-0.25, -0.2) is 4.98 Å². The summed E-state index contributed by atoms with van der Waals surface area (Å²) in [5.41, 5.74) is 3.38. The third-order valence-electron chi connectivity index (χ3n) is 4.99. The van der Waals surface area contributed by atoms with Crippen molar-refractivity contribution in [2.75, 3.05) is 13.1 Å². The Kier molecular flexibility index (Phi) is 4.97. The Bertz CT molecular complexity index is 874. The Balaban J connectivity index is 1.25. The van der Waals surface area contributed by atoms with E-state index >= 15 is 0 Å². The minimum atomic E-state index is 0.120. The SMILES string of the molecule is O=C(CCn1cnc2ccccc21)NC1CCN(Cc2ccccc2)C1. The summed E-state index contributed by atoms with van der Waals surface area (Å²) in [6.45, 7) is 3.57. The maximum absolute atomic E-state index is 12.3. The largest absolute Gasteiger partial charge is 0.352 e. The lowest BCUT2D eigenvalue weighted by molar-refractivity contribution is -0.121. The number of nitrogens with zero attached hydrogens (tertiary/aromatic N) is 3. The number of imidazole rings is 1. The van der Waals surface area contributed by atoms with E-state index in [9.17, 15) is 4.79 Å². The average molecular weight is 348 g/mol. The van der Waals surface area contributed by atoms with Crippen molar-refractivity contribution in [1.29, 1.82) is 0 Å². The van der Waals surface area contributed by atoms with Crippen molar-refractivity contribution in [1.82, 2.24) is 19.8 Å². The van der Waals surface area contributed by atoms with E-state index in [1.54, 1.807) is 0 Å². The lowest BCUT2D eigenvalue weighted by Gasteiger charge is -2.17. The molecule has 2 heterocycles. The molecule has 1 saturated heterocycles. The zero-order valence-electron chi connectivity index (χ0n) is 14.8. The highest BCUT2D eigenvalue weighted by Crippen LogP contribution is 2.14. The van der Waals surface area contributed by atoms with Gasteiger partial charge in [0.05, 0.1) is 17.4 Å². The van der Waals surface area contributed by atoms with E-state index in [0.717, 1.165) is 37.1 Å². The van der Waals surface area contributed by atoms with Gasteiger partial charge < -0.3 is 9.88 Å². The number of aryl methyl sites for hydroxylation is 1. The molecule has 134 valence electrons. The van der Waals surface area contributed by atoms with Crippen LogP contribution in [-0.4, -0.2) is 39.5 Å². The monoisotopic (exact) mass is 348 g/mol. The normalized spacial score (nSPS) is 17.6. The van der Waals surface area contributed by atoms with E-state index < -0.39 is 0 Å². The Morgan fingerprint density at radius 1 is 1.12 bits per heavy atom. The molecular formula is C21H24N4O. The molecule has 1 unspecified atom stereocenters. The van der Waals surface area contributed by atoms with Crippen LogP contribution in [-0.2, 0) is 17.9 Å². The van der Waals surface area contributed by atoms with Crippen LogP contribution in [0.1, 0.15) is 18.4 Å². The highest BCUT2D eigenvalue weighted by molar-refractivity contribution is 5.77. The number of likely N-dealkylation sites (tertiary alicyclic amines) is 1. The van der Waals surface area contributed by atoms with Crippen LogP contribution >= 0.6 is 0 Å². The predicted molar refractivity (Wildman–Crippen MR) is 103 cm³/mol. The Morgan fingerprint density at radius 3 is 2.81 bits per heavy atom. The second-order valence-electron chi connectivity index (χ2n) is 6.95. The van der Waals surface area contributed by atoms with Gasteiger partial charge in [-0.1, -0.05) is 42.5 Å². The van der Waals surface area contributed by atoms with Crippen LogP contribution in [0.15, 0.2) is 60.9 Å². The summed E-state index contributed by atoms with van der Waals surface area (Å²) in [6, 6.07) is 18.8. The number of aromatic nitrogens is 2. The number of carbonyl (C=O) groups excluding carboxylic acids is 1. The second kappa shape index (κ2) is 7.70.